The molecule has 0 spiro atoms. The van der Waals surface area contributed by atoms with Gasteiger partial charge in [-0.2, -0.15) is 0 Å². The summed E-state index contributed by atoms with van der Waals surface area (Å²) in [7, 11) is 0. The molecule has 0 aliphatic carbocycles. The number of nitrogens with one attached hydrogen (secondary N) is 2. The van der Waals surface area contributed by atoms with E-state index in [9.17, 15) is 9.18 Å². The fraction of sp³-hybridized carbons (Fsp3) is 0.500. The third-order valence-corrected chi connectivity index (χ3v) is 2.63. The van der Waals surface area contributed by atoms with E-state index in [0.717, 1.165) is 0 Å². The van der Waals surface area contributed by atoms with Crippen LogP contribution in [0.2, 0.25) is 0 Å². The fourth-order valence-corrected chi connectivity index (χ4v) is 1.63. The lowest BCUT2D eigenvalue weighted by Gasteiger charge is -2.16. The Bertz CT molecular complexity index is 393. The van der Waals surface area contributed by atoms with Crippen LogP contribution in [0.25, 0.3) is 0 Å². The first-order valence-corrected chi connectivity index (χ1v) is 6.28. The van der Waals surface area contributed by atoms with Crippen molar-refractivity contribution in [2.24, 2.45) is 0 Å². The summed E-state index contributed by atoms with van der Waals surface area (Å²) >= 11 is 0. The predicted octanol–water partition coefficient (Wildman–Crippen LogP) is 1.87. The molecule has 1 aromatic rings. The highest BCUT2D eigenvalue weighted by atomic mass is 19.1. The van der Waals surface area contributed by atoms with Gasteiger partial charge in [0.25, 0.3) is 0 Å². The molecular weight excluding hydrogens is 231 g/mol. The van der Waals surface area contributed by atoms with Crippen LogP contribution in [0.1, 0.15) is 26.3 Å². The average Bonchev–Trinajstić information content (AvgIpc) is 2.30. The Kier molecular flexibility index (Phi) is 5.78. The molecule has 3 nitrogen and oxygen atoms in total. The average molecular weight is 252 g/mol. The van der Waals surface area contributed by atoms with Crippen molar-refractivity contribution in [1.29, 1.82) is 0 Å². The lowest BCUT2D eigenvalue weighted by molar-refractivity contribution is -0.123. The molecule has 0 bridgehead atoms. The number of hydrogen-bond donors (Lipinski definition) is 2. The van der Waals surface area contributed by atoms with Crippen LogP contribution in [0.3, 0.4) is 0 Å². The van der Waals surface area contributed by atoms with Crippen molar-refractivity contribution in [2.75, 3.05) is 6.54 Å². The maximum absolute atomic E-state index is 13.3. The minimum Gasteiger partial charge on any atom is -0.353 e. The van der Waals surface area contributed by atoms with Gasteiger partial charge >= 0.3 is 0 Å². The Hall–Kier alpha value is -1.42. The van der Waals surface area contributed by atoms with Gasteiger partial charge in [-0.3, -0.25) is 4.79 Å². The van der Waals surface area contributed by atoms with Gasteiger partial charge in [0.05, 0.1) is 6.04 Å². The number of carbonyl (C=O) groups excluding carboxylic acids is 1. The second kappa shape index (κ2) is 7.11. The highest BCUT2D eigenvalue weighted by Gasteiger charge is 2.12. The van der Waals surface area contributed by atoms with Gasteiger partial charge in [0.15, 0.2) is 0 Å². The number of rotatable bonds is 6. The lowest BCUT2D eigenvalue weighted by atomic mass is 10.1. The van der Waals surface area contributed by atoms with Crippen molar-refractivity contribution < 1.29 is 9.18 Å². The van der Waals surface area contributed by atoms with E-state index in [0.29, 0.717) is 18.5 Å². The molecule has 0 aromatic heterocycles. The minimum absolute atomic E-state index is 0.0291. The largest absolute Gasteiger partial charge is 0.353 e. The lowest BCUT2D eigenvalue weighted by Crippen LogP contribution is -2.45. The van der Waals surface area contributed by atoms with Gasteiger partial charge in [0.2, 0.25) is 5.91 Å². The molecule has 0 fully saturated rings. The van der Waals surface area contributed by atoms with Crippen LogP contribution < -0.4 is 10.6 Å². The molecule has 1 aromatic carbocycles. The van der Waals surface area contributed by atoms with Crippen molar-refractivity contribution in [3.8, 4) is 0 Å². The van der Waals surface area contributed by atoms with Crippen molar-refractivity contribution in [2.45, 2.75) is 39.3 Å². The van der Waals surface area contributed by atoms with E-state index in [1.807, 2.05) is 19.9 Å². The Morgan fingerprint density at radius 3 is 2.56 bits per heavy atom. The first-order valence-electron chi connectivity index (χ1n) is 6.28. The number of amides is 1. The van der Waals surface area contributed by atoms with E-state index in [2.05, 4.69) is 10.6 Å². The molecule has 1 amide bonds. The topological polar surface area (TPSA) is 41.1 Å². The molecule has 1 rings (SSSR count). The first kappa shape index (κ1) is 14.6. The van der Waals surface area contributed by atoms with Gasteiger partial charge in [-0.25, -0.2) is 4.39 Å². The molecule has 4 heteroatoms. The van der Waals surface area contributed by atoms with E-state index in [1.165, 1.54) is 6.07 Å². The van der Waals surface area contributed by atoms with Crippen molar-refractivity contribution in [1.82, 2.24) is 10.6 Å². The Morgan fingerprint density at radius 2 is 1.94 bits per heavy atom. The molecular formula is C14H21FN2O. The smallest absolute Gasteiger partial charge is 0.237 e. The molecule has 100 valence electrons. The molecule has 0 heterocycles. The molecule has 2 N–H and O–H groups in total. The fourth-order valence-electron chi connectivity index (χ4n) is 1.63. The third-order valence-electron chi connectivity index (χ3n) is 2.63. The Balaban J connectivity index is 2.34. The first-order chi connectivity index (χ1) is 8.50. The summed E-state index contributed by atoms with van der Waals surface area (Å²) < 4.78 is 13.3. The van der Waals surface area contributed by atoms with Crippen LogP contribution in [0, 0.1) is 5.82 Å². The molecule has 0 radical (unpaired) electrons. The van der Waals surface area contributed by atoms with E-state index in [-0.39, 0.29) is 23.8 Å². The molecule has 1 atom stereocenters. The maximum Gasteiger partial charge on any atom is 0.237 e. The highest BCUT2D eigenvalue weighted by Crippen LogP contribution is 2.06. The van der Waals surface area contributed by atoms with Gasteiger partial charge in [-0.15, -0.1) is 0 Å². The van der Waals surface area contributed by atoms with Gasteiger partial charge in [0, 0.05) is 12.6 Å². The summed E-state index contributed by atoms with van der Waals surface area (Å²) in [6.07, 6.45) is 0.575. The van der Waals surface area contributed by atoms with E-state index >= 15 is 0 Å². The van der Waals surface area contributed by atoms with Crippen LogP contribution >= 0.6 is 0 Å². The summed E-state index contributed by atoms with van der Waals surface area (Å²) in [4.78, 5) is 11.6. The summed E-state index contributed by atoms with van der Waals surface area (Å²) in [5.74, 6) is -0.225. The number of carbonyl (C=O) groups is 1. The van der Waals surface area contributed by atoms with Gasteiger partial charge in [-0.1, -0.05) is 18.2 Å². The number of hydrogen-bond acceptors (Lipinski definition) is 2. The molecule has 18 heavy (non-hydrogen) atoms. The van der Waals surface area contributed by atoms with E-state index in [4.69, 9.17) is 0 Å². The summed E-state index contributed by atoms with van der Waals surface area (Å²) in [5, 5.41) is 5.91. The van der Waals surface area contributed by atoms with Crippen LogP contribution in [0.15, 0.2) is 24.3 Å². The predicted molar refractivity (Wildman–Crippen MR) is 70.8 cm³/mol. The zero-order valence-electron chi connectivity index (χ0n) is 11.2. The second-order valence-electron chi connectivity index (χ2n) is 4.68. The quantitative estimate of drug-likeness (QED) is 0.811. The molecule has 1 unspecified atom stereocenters. The highest BCUT2D eigenvalue weighted by molar-refractivity contribution is 5.81. The molecule has 0 aliphatic rings. The molecule has 0 saturated carbocycles. The van der Waals surface area contributed by atoms with Crippen LogP contribution in [0.4, 0.5) is 4.39 Å². The van der Waals surface area contributed by atoms with Crippen molar-refractivity contribution >= 4 is 5.91 Å². The minimum atomic E-state index is -0.265. The summed E-state index contributed by atoms with van der Waals surface area (Å²) in [6, 6.07) is 6.56. The number of benzene rings is 1. The summed E-state index contributed by atoms with van der Waals surface area (Å²) in [6.45, 7) is 6.22. The van der Waals surface area contributed by atoms with Crippen LogP contribution in [-0.2, 0) is 11.2 Å². The molecule has 0 aliphatic heterocycles. The monoisotopic (exact) mass is 252 g/mol. The van der Waals surface area contributed by atoms with Crippen molar-refractivity contribution in [3.63, 3.8) is 0 Å². The second-order valence-corrected chi connectivity index (χ2v) is 4.68. The zero-order valence-corrected chi connectivity index (χ0v) is 11.2. The summed E-state index contributed by atoms with van der Waals surface area (Å²) in [5.41, 5.74) is 0.668. The van der Waals surface area contributed by atoms with E-state index < -0.39 is 0 Å². The van der Waals surface area contributed by atoms with Crippen LogP contribution in [0.5, 0.6) is 0 Å². The zero-order chi connectivity index (χ0) is 13.5. The maximum atomic E-state index is 13.3. The molecule has 0 saturated heterocycles. The van der Waals surface area contributed by atoms with Crippen molar-refractivity contribution in [3.05, 3.63) is 35.6 Å². The van der Waals surface area contributed by atoms with Gasteiger partial charge in [-0.05, 0) is 38.8 Å². The standard InChI is InChI=1S/C14H21FN2O/c1-10(2)17-14(18)11(3)16-9-8-12-6-4-5-7-13(12)15/h4-7,10-11,16H,8-9H2,1-3H3,(H,17,18). The van der Waals surface area contributed by atoms with Crippen LogP contribution in [-0.4, -0.2) is 24.5 Å². The Morgan fingerprint density at radius 1 is 1.28 bits per heavy atom. The SMILES string of the molecule is CC(C)NC(=O)C(C)NCCc1ccccc1F. The van der Waals surface area contributed by atoms with Gasteiger partial charge < -0.3 is 10.6 Å². The normalized spacial score (nSPS) is 12.5. The number of halogens is 1. The van der Waals surface area contributed by atoms with E-state index in [1.54, 1.807) is 19.1 Å². The Labute approximate surface area is 108 Å². The third kappa shape index (κ3) is 4.84. The van der Waals surface area contributed by atoms with Gasteiger partial charge in [0.1, 0.15) is 5.82 Å².